The molecule has 1 N–H and O–H groups in total. The van der Waals surface area contributed by atoms with Gasteiger partial charge in [-0.15, -0.1) is 0 Å². The van der Waals surface area contributed by atoms with Crippen molar-refractivity contribution in [2.45, 2.75) is 57.5 Å². The van der Waals surface area contributed by atoms with Crippen LogP contribution in [0.5, 0.6) is 5.75 Å². The number of aliphatic carboxylic acids is 1. The van der Waals surface area contributed by atoms with Gasteiger partial charge >= 0.3 is 5.97 Å². The molecule has 2 aromatic heterocycles. The van der Waals surface area contributed by atoms with E-state index >= 15 is 4.39 Å². The Hall–Kier alpha value is -3.00. The van der Waals surface area contributed by atoms with Crippen molar-refractivity contribution < 1.29 is 23.4 Å². The number of rotatable bonds is 13. The largest absolute Gasteiger partial charge is 0.497 e. The van der Waals surface area contributed by atoms with Gasteiger partial charge in [-0.2, -0.15) is 0 Å². The second-order valence-corrected chi connectivity index (χ2v) is 9.75. The van der Waals surface area contributed by atoms with E-state index in [2.05, 4.69) is 14.9 Å². The summed E-state index contributed by atoms with van der Waals surface area (Å²) in [5, 5.41) is 10.0. The van der Waals surface area contributed by atoms with E-state index < -0.39 is 12.1 Å². The van der Waals surface area contributed by atoms with Crippen LogP contribution in [0, 0.1) is 11.8 Å². The van der Waals surface area contributed by atoms with E-state index in [-0.39, 0.29) is 12.3 Å². The molecule has 1 saturated heterocycles. The number of carbonyl (C=O) groups is 1. The number of halogens is 1. The molecule has 0 bridgehead atoms. The van der Waals surface area contributed by atoms with E-state index in [4.69, 9.17) is 9.15 Å². The Kier molecular flexibility index (Phi) is 9.28. The number of aromatic nitrogens is 2. The predicted molar refractivity (Wildman–Crippen MR) is 136 cm³/mol. The van der Waals surface area contributed by atoms with E-state index in [1.54, 1.807) is 31.8 Å². The fourth-order valence-electron chi connectivity index (χ4n) is 5.43. The van der Waals surface area contributed by atoms with E-state index in [0.29, 0.717) is 30.1 Å². The van der Waals surface area contributed by atoms with Crippen LogP contribution in [0.1, 0.15) is 62.6 Å². The van der Waals surface area contributed by atoms with Gasteiger partial charge in [0.2, 0.25) is 0 Å². The van der Waals surface area contributed by atoms with Crippen molar-refractivity contribution in [3.63, 3.8) is 0 Å². The van der Waals surface area contributed by atoms with Crippen LogP contribution in [-0.2, 0) is 11.2 Å². The number of likely N-dealkylation sites (tertiary alicyclic amines) is 1. The van der Waals surface area contributed by atoms with Crippen LogP contribution < -0.4 is 4.74 Å². The Morgan fingerprint density at radius 1 is 1.22 bits per heavy atom. The first-order valence-electron chi connectivity index (χ1n) is 12.9. The van der Waals surface area contributed by atoms with E-state index in [1.807, 2.05) is 18.2 Å². The number of alkyl halides is 1. The number of fused-ring (bicyclic) bond motifs is 1. The minimum Gasteiger partial charge on any atom is -0.497 e. The lowest BCUT2D eigenvalue weighted by Crippen LogP contribution is -2.41. The average Bonchev–Trinajstić information content (AvgIpc) is 3.42. The second kappa shape index (κ2) is 12.8. The molecule has 1 aliphatic heterocycles. The normalized spacial score (nSPS) is 19.4. The molecule has 0 amide bonds. The van der Waals surface area contributed by atoms with Crippen LogP contribution in [0.3, 0.4) is 0 Å². The number of nitrogens with zero attached hydrogens (tertiary/aromatic N) is 3. The third-order valence-corrected chi connectivity index (χ3v) is 7.41. The summed E-state index contributed by atoms with van der Waals surface area (Å²) in [6.45, 7) is 2.83. The first-order chi connectivity index (χ1) is 17.5. The van der Waals surface area contributed by atoms with Crippen molar-refractivity contribution in [3.05, 3.63) is 54.4 Å². The van der Waals surface area contributed by atoms with Gasteiger partial charge in [0.25, 0.3) is 0 Å². The van der Waals surface area contributed by atoms with E-state index in [1.165, 1.54) is 0 Å². The standard InChI is InChI=1S/C28H36FN3O4/c1-35-22-7-9-26-24(18-22)23(11-13-30-26)25(29)8-5-20-12-16-32(19-21(20)6-10-28(33)34)15-3-2-4-27-31-14-17-36-27/h7,9,11,13-14,17-18,20-21,25H,2-6,8,10,12,15-16,19H2,1H3,(H,33,34)/t20-,21-,25-/m1/s1. The summed E-state index contributed by atoms with van der Waals surface area (Å²) in [4.78, 5) is 22.2. The molecule has 0 aliphatic carbocycles. The molecule has 3 aromatic rings. The van der Waals surface area contributed by atoms with Crippen LogP contribution in [0.15, 0.2) is 47.3 Å². The smallest absolute Gasteiger partial charge is 0.303 e. The number of unbranched alkanes of at least 4 members (excludes halogenated alkanes) is 1. The van der Waals surface area contributed by atoms with Gasteiger partial charge in [0.05, 0.1) is 18.8 Å². The third-order valence-electron chi connectivity index (χ3n) is 7.41. The second-order valence-electron chi connectivity index (χ2n) is 9.75. The zero-order chi connectivity index (χ0) is 25.3. The monoisotopic (exact) mass is 497 g/mol. The Morgan fingerprint density at radius 3 is 2.89 bits per heavy atom. The van der Waals surface area contributed by atoms with Crippen molar-refractivity contribution in [1.82, 2.24) is 14.9 Å². The zero-order valence-electron chi connectivity index (χ0n) is 20.9. The van der Waals surface area contributed by atoms with Crippen molar-refractivity contribution in [3.8, 4) is 5.75 Å². The Morgan fingerprint density at radius 2 is 2.11 bits per heavy atom. The minimum atomic E-state index is -1.10. The van der Waals surface area contributed by atoms with Crippen LogP contribution in [0.25, 0.3) is 10.9 Å². The SMILES string of the molecule is COc1ccc2nccc([C@H](F)CC[C@@H]3CCN(CCCCc4ncco4)C[C@H]3CCC(=O)O)c2c1. The van der Waals surface area contributed by atoms with Gasteiger partial charge in [0, 0.05) is 31.0 Å². The Bertz CT molecular complexity index is 1110. The zero-order valence-corrected chi connectivity index (χ0v) is 20.9. The highest BCUT2D eigenvalue weighted by Crippen LogP contribution is 2.36. The Balaban J connectivity index is 1.33. The van der Waals surface area contributed by atoms with E-state index in [0.717, 1.165) is 68.5 Å². The van der Waals surface area contributed by atoms with E-state index in [9.17, 15) is 9.90 Å². The first kappa shape index (κ1) is 26.1. The molecule has 0 radical (unpaired) electrons. The number of benzene rings is 1. The maximum Gasteiger partial charge on any atom is 0.303 e. The van der Waals surface area contributed by atoms with Gasteiger partial charge in [-0.25, -0.2) is 9.37 Å². The maximum absolute atomic E-state index is 15.5. The van der Waals surface area contributed by atoms with Crippen LogP contribution in [0.2, 0.25) is 0 Å². The lowest BCUT2D eigenvalue weighted by molar-refractivity contribution is -0.137. The number of carboxylic acids is 1. The van der Waals surface area contributed by atoms with Gasteiger partial charge in [-0.1, -0.05) is 0 Å². The molecule has 4 rings (SSSR count). The van der Waals surface area contributed by atoms with Gasteiger partial charge in [-0.05, 0) is 93.3 Å². The summed E-state index contributed by atoms with van der Waals surface area (Å²) in [6, 6.07) is 7.30. The highest BCUT2D eigenvalue weighted by atomic mass is 19.1. The Labute approximate surface area is 211 Å². The van der Waals surface area contributed by atoms with Crippen molar-refractivity contribution >= 4 is 16.9 Å². The molecule has 1 aliphatic rings. The molecule has 1 fully saturated rings. The van der Waals surface area contributed by atoms with Gasteiger partial charge in [-0.3, -0.25) is 9.78 Å². The molecule has 3 atom stereocenters. The molecular weight excluding hydrogens is 461 g/mol. The lowest BCUT2D eigenvalue weighted by atomic mass is 9.79. The number of hydrogen-bond acceptors (Lipinski definition) is 6. The maximum atomic E-state index is 15.5. The number of methoxy groups -OCH3 is 1. The molecule has 36 heavy (non-hydrogen) atoms. The summed E-state index contributed by atoms with van der Waals surface area (Å²) in [6.07, 6.45) is 9.65. The summed E-state index contributed by atoms with van der Waals surface area (Å²) >= 11 is 0. The number of hydrogen-bond donors (Lipinski definition) is 1. The molecule has 0 saturated carbocycles. The lowest BCUT2D eigenvalue weighted by Gasteiger charge is -2.39. The van der Waals surface area contributed by atoms with Crippen molar-refractivity contribution in [1.29, 1.82) is 0 Å². The van der Waals surface area contributed by atoms with Gasteiger partial charge < -0.3 is 19.2 Å². The van der Waals surface area contributed by atoms with Crippen LogP contribution >= 0.6 is 0 Å². The van der Waals surface area contributed by atoms with Crippen molar-refractivity contribution in [2.24, 2.45) is 11.8 Å². The van der Waals surface area contributed by atoms with Gasteiger partial charge in [0.1, 0.15) is 18.2 Å². The summed E-state index contributed by atoms with van der Waals surface area (Å²) in [5.41, 5.74) is 1.40. The van der Waals surface area contributed by atoms with Gasteiger partial charge in [0.15, 0.2) is 5.89 Å². The summed E-state index contributed by atoms with van der Waals surface area (Å²) in [5.74, 6) is 1.29. The fourth-order valence-corrected chi connectivity index (χ4v) is 5.43. The summed E-state index contributed by atoms with van der Waals surface area (Å²) in [7, 11) is 1.60. The molecule has 0 unspecified atom stereocenters. The fraction of sp³-hybridized carbons (Fsp3) is 0.536. The molecule has 0 spiro atoms. The first-order valence-corrected chi connectivity index (χ1v) is 12.9. The number of oxazole rings is 1. The predicted octanol–water partition coefficient (Wildman–Crippen LogP) is 5.85. The highest BCUT2D eigenvalue weighted by Gasteiger charge is 2.30. The average molecular weight is 498 g/mol. The summed E-state index contributed by atoms with van der Waals surface area (Å²) < 4.78 is 26.1. The third kappa shape index (κ3) is 7.03. The number of ether oxygens (including phenoxy) is 1. The number of piperidine rings is 1. The molecular formula is C28H36FN3O4. The number of carboxylic acid groups (broad SMARTS) is 1. The topological polar surface area (TPSA) is 88.7 Å². The quantitative estimate of drug-likeness (QED) is 0.296. The molecule has 3 heterocycles. The number of aryl methyl sites for hydroxylation is 1. The highest BCUT2D eigenvalue weighted by molar-refractivity contribution is 5.83. The van der Waals surface area contributed by atoms with Crippen LogP contribution in [0.4, 0.5) is 4.39 Å². The minimum absolute atomic E-state index is 0.160. The number of pyridine rings is 1. The molecule has 194 valence electrons. The molecule has 1 aromatic carbocycles. The van der Waals surface area contributed by atoms with Crippen LogP contribution in [-0.4, -0.2) is 52.7 Å². The van der Waals surface area contributed by atoms with Crippen molar-refractivity contribution in [2.75, 3.05) is 26.7 Å². The molecule has 8 heteroatoms. The molecule has 7 nitrogen and oxygen atoms in total.